The molecule has 7 heteroatoms. The molecule has 0 unspecified atom stereocenters. The fourth-order valence-electron chi connectivity index (χ4n) is 3.27. The molecular weight excluding hydrogens is 378 g/mol. The largest absolute Gasteiger partial charge is 0.497 e. The van der Waals surface area contributed by atoms with E-state index in [9.17, 15) is 4.79 Å². The van der Waals surface area contributed by atoms with Crippen LogP contribution in [0.4, 0.5) is 5.69 Å². The molecule has 3 aromatic rings. The van der Waals surface area contributed by atoms with Crippen LogP contribution in [0.25, 0.3) is 21.8 Å². The highest BCUT2D eigenvalue weighted by Gasteiger charge is 2.15. The van der Waals surface area contributed by atoms with Crippen molar-refractivity contribution in [2.24, 2.45) is 0 Å². The first-order valence-electron chi connectivity index (χ1n) is 10.1. The summed E-state index contributed by atoms with van der Waals surface area (Å²) in [6.45, 7) is 3.07. The number of nitrogens with one attached hydrogen (secondary N) is 2. The number of benzene rings is 2. The fourth-order valence-corrected chi connectivity index (χ4v) is 3.27. The lowest BCUT2D eigenvalue weighted by Gasteiger charge is -2.16. The molecule has 0 saturated heterocycles. The van der Waals surface area contributed by atoms with Crippen LogP contribution in [-0.2, 0) is 0 Å². The van der Waals surface area contributed by atoms with E-state index in [2.05, 4.69) is 21.6 Å². The number of carbonyl (C=O) groups is 1. The van der Waals surface area contributed by atoms with Crippen LogP contribution in [0.5, 0.6) is 5.75 Å². The Morgan fingerprint density at radius 1 is 1.00 bits per heavy atom. The van der Waals surface area contributed by atoms with Gasteiger partial charge in [-0.25, -0.2) is 4.98 Å². The Morgan fingerprint density at radius 2 is 1.73 bits per heavy atom. The average Bonchev–Trinajstić information content (AvgIpc) is 2.71. The molecule has 2 aromatic carbocycles. The second-order valence-electron chi connectivity index (χ2n) is 7.89. The molecule has 0 fully saturated rings. The summed E-state index contributed by atoms with van der Waals surface area (Å²) in [6, 6.07) is 11.7. The number of rotatable bonds is 9. The van der Waals surface area contributed by atoms with Gasteiger partial charge in [-0.3, -0.25) is 4.79 Å². The highest BCUT2D eigenvalue weighted by Crippen LogP contribution is 2.30. The van der Waals surface area contributed by atoms with Crippen LogP contribution in [0.15, 0.2) is 36.4 Å². The third-order valence-electron chi connectivity index (χ3n) is 4.95. The summed E-state index contributed by atoms with van der Waals surface area (Å²) in [7, 11) is 9.71. The number of aromatic nitrogens is 1. The van der Waals surface area contributed by atoms with Gasteiger partial charge in [-0.05, 0) is 64.6 Å². The van der Waals surface area contributed by atoms with Gasteiger partial charge >= 0.3 is 0 Å². The minimum Gasteiger partial charge on any atom is -0.497 e. The molecule has 3 rings (SSSR count). The van der Waals surface area contributed by atoms with E-state index < -0.39 is 0 Å². The molecule has 1 amide bonds. The van der Waals surface area contributed by atoms with Gasteiger partial charge in [-0.1, -0.05) is 0 Å². The maximum atomic E-state index is 12.9. The van der Waals surface area contributed by atoms with E-state index in [4.69, 9.17) is 9.72 Å². The first-order chi connectivity index (χ1) is 14.4. The van der Waals surface area contributed by atoms with E-state index in [0.717, 1.165) is 47.4 Å². The van der Waals surface area contributed by atoms with Gasteiger partial charge in [0, 0.05) is 42.6 Å². The maximum absolute atomic E-state index is 12.9. The third kappa shape index (κ3) is 5.17. The van der Waals surface area contributed by atoms with Gasteiger partial charge in [-0.2, -0.15) is 0 Å². The van der Waals surface area contributed by atoms with Crippen LogP contribution in [0.3, 0.4) is 0 Å². The molecule has 7 nitrogen and oxygen atoms in total. The molecule has 1 aromatic heterocycles. The van der Waals surface area contributed by atoms with Crippen molar-refractivity contribution in [2.45, 2.75) is 0 Å². The number of hydrogen-bond donors (Lipinski definition) is 2. The van der Waals surface area contributed by atoms with Crippen LogP contribution in [0, 0.1) is 0 Å². The monoisotopic (exact) mass is 409 g/mol. The lowest BCUT2D eigenvalue weighted by atomic mass is 10.0. The van der Waals surface area contributed by atoms with Crippen molar-refractivity contribution in [3.8, 4) is 5.75 Å². The molecule has 0 spiro atoms. The van der Waals surface area contributed by atoms with Gasteiger partial charge in [-0.15, -0.1) is 0 Å². The summed E-state index contributed by atoms with van der Waals surface area (Å²) in [4.78, 5) is 21.9. The van der Waals surface area contributed by atoms with Gasteiger partial charge in [0.2, 0.25) is 0 Å². The summed E-state index contributed by atoms with van der Waals surface area (Å²) in [5.74, 6) is 0.672. The van der Waals surface area contributed by atoms with E-state index in [0.29, 0.717) is 17.6 Å². The number of likely N-dealkylation sites (N-methyl/N-ethyl adjacent to an activating group) is 2. The normalized spacial score (nSPS) is 11.4. The van der Waals surface area contributed by atoms with Crippen molar-refractivity contribution >= 4 is 33.4 Å². The van der Waals surface area contributed by atoms with Gasteiger partial charge in [0.15, 0.2) is 0 Å². The van der Waals surface area contributed by atoms with E-state index in [1.165, 1.54) is 0 Å². The number of ether oxygens (including phenoxy) is 1. The maximum Gasteiger partial charge on any atom is 0.253 e. The molecule has 0 atom stereocenters. The van der Waals surface area contributed by atoms with Crippen molar-refractivity contribution < 1.29 is 9.53 Å². The van der Waals surface area contributed by atoms with Gasteiger partial charge in [0.1, 0.15) is 5.75 Å². The van der Waals surface area contributed by atoms with Crippen molar-refractivity contribution in [1.29, 1.82) is 0 Å². The molecule has 2 N–H and O–H groups in total. The molecule has 0 aliphatic carbocycles. The smallest absolute Gasteiger partial charge is 0.253 e. The molecule has 0 aliphatic rings. The summed E-state index contributed by atoms with van der Waals surface area (Å²) in [6.07, 6.45) is 0. The van der Waals surface area contributed by atoms with Crippen LogP contribution in [0.2, 0.25) is 0 Å². The Morgan fingerprint density at radius 3 is 2.43 bits per heavy atom. The van der Waals surface area contributed by atoms with Crippen LogP contribution in [0.1, 0.15) is 10.4 Å². The number of anilines is 1. The van der Waals surface area contributed by atoms with Crippen molar-refractivity contribution in [1.82, 2.24) is 20.1 Å². The first-order valence-corrected chi connectivity index (χ1v) is 10.1. The van der Waals surface area contributed by atoms with E-state index >= 15 is 0 Å². The Kier molecular flexibility index (Phi) is 7.07. The van der Waals surface area contributed by atoms with Crippen molar-refractivity contribution in [2.75, 3.05) is 66.8 Å². The van der Waals surface area contributed by atoms with Crippen LogP contribution < -0.4 is 15.4 Å². The summed E-state index contributed by atoms with van der Waals surface area (Å²) in [5.41, 5.74) is 3.08. The van der Waals surface area contributed by atoms with Crippen LogP contribution in [-0.4, -0.2) is 82.2 Å². The zero-order chi connectivity index (χ0) is 21.7. The summed E-state index contributed by atoms with van der Waals surface area (Å²) < 4.78 is 5.36. The Balaban J connectivity index is 2.04. The highest BCUT2D eigenvalue weighted by atomic mass is 16.5. The van der Waals surface area contributed by atoms with E-state index in [1.54, 1.807) is 7.11 Å². The van der Waals surface area contributed by atoms with Gasteiger partial charge < -0.3 is 25.2 Å². The molecule has 0 bridgehead atoms. The third-order valence-corrected chi connectivity index (χ3v) is 4.95. The number of carbonyl (C=O) groups excluding carboxylic acids is 1. The Hall–Kier alpha value is -2.90. The SMILES string of the molecule is COc1ccc2nc3c(C(=O)NCCN(C)C)ccc(NCCN(C)C)c3cc2c1. The second-order valence-corrected chi connectivity index (χ2v) is 7.89. The predicted molar refractivity (Wildman–Crippen MR) is 124 cm³/mol. The zero-order valence-corrected chi connectivity index (χ0v) is 18.5. The topological polar surface area (TPSA) is 69.7 Å². The zero-order valence-electron chi connectivity index (χ0n) is 18.5. The minimum atomic E-state index is -0.109. The summed E-state index contributed by atoms with van der Waals surface area (Å²) in [5, 5.41) is 8.38. The molecule has 0 saturated carbocycles. The number of hydrogen-bond acceptors (Lipinski definition) is 6. The number of nitrogens with zero attached hydrogens (tertiary/aromatic N) is 3. The molecule has 30 heavy (non-hydrogen) atoms. The molecule has 0 radical (unpaired) electrons. The molecular formula is C23H31N5O2. The van der Waals surface area contributed by atoms with Crippen molar-refractivity contribution in [3.05, 3.63) is 42.0 Å². The predicted octanol–water partition coefficient (Wildman–Crippen LogP) is 2.66. The number of amides is 1. The summed E-state index contributed by atoms with van der Waals surface area (Å²) >= 11 is 0. The first kappa shape index (κ1) is 21.8. The molecule has 1 heterocycles. The molecule has 160 valence electrons. The minimum absolute atomic E-state index is 0.109. The number of methoxy groups -OCH3 is 1. The molecule has 0 aliphatic heterocycles. The van der Waals surface area contributed by atoms with Gasteiger partial charge in [0.05, 0.1) is 23.7 Å². The Bertz CT molecular complexity index is 1030. The number of pyridine rings is 1. The number of fused-ring (bicyclic) bond motifs is 2. The highest BCUT2D eigenvalue weighted by molar-refractivity contribution is 6.11. The quantitative estimate of drug-likeness (QED) is 0.530. The van der Waals surface area contributed by atoms with E-state index in [1.807, 2.05) is 63.4 Å². The lowest BCUT2D eigenvalue weighted by Crippen LogP contribution is -2.31. The van der Waals surface area contributed by atoms with Gasteiger partial charge in [0.25, 0.3) is 5.91 Å². The lowest BCUT2D eigenvalue weighted by molar-refractivity contribution is 0.0952. The second kappa shape index (κ2) is 9.73. The Labute approximate surface area is 178 Å². The standard InChI is InChI=1S/C23H31N5O2/c1-27(2)12-10-24-21-9-7-18(23(29)25-11-13-28(3)4)22-19(21)15-16-14-17(30-5)6-8-20(16)26-22/h6-9,14-15,24H,10-13H2,1-5H3,(H,25,29). The van der Waals surface area contributed by atoms with Crippen molar-refractivity contribution in [3.63, 3.8) is 0 Å². The fraction of sp³-hybridized carbons (Fsp3) is 0.391. The van der Waals surface area contributed by atoms with E-state index in [-0.39, 0.29) is 5.91 Å². The average molecular weight is 410 g/mol. The van der Waals surface area contributed by atoms with Crippen LogP contribution >= 0.6 is 0 Å².